The summed E-state index contributed by atoms with van der Waals surface area (Å²) in [5, 5.41) is 39.6. The second kappa shape index (κ2) is 9.07. The van der Waals surface area contributed by atoms with Crippen molar-refractivity contribution >= 4 is 5.97 Å². The van der Waals surface area contributed by atoms with E-state index in [0.717, 1.165) is 16.7 Å². The highest BCUT2D eigenvalue weighted by Crippen LogP contribution is 2.33. The van der Waals surface area contributed by atoms with Crippen LogP contribution in [0, 0.1) is 0 Å². The molecule has 29 heavy (non-hydrogen) atoms. The lowest BCUT2D eigenvalue weighted by atomic mass is 9.93. The lowest BCUT2D eigenvalue weighted by molar-refractivity contribution is -0.308. The first-order valence-electron chi connectivity index (χ1n) is 9.91. The Hall–Kier alpha value is -1.55. The summed E-state index contributed by atoms with van der Waals surface area (Å²) in [6.45, 7) is 5.12. The summed E-state index contributed by atoms with van der Waals surface area (Å²) in [5.74, 6) is -0.280. The molecule has 2 aliphatic heterocycles. The smallest absolute Gasteiger partial charge is 0.334 e. The number of carbonyl (C=O) groups excluding carboxylic acids is 1. The molecule has 7 unspecified atom stereocenters. The normalized spacial score (nSPS) is 42.4. The van der Waals surface area contributed by atoms with Crippen LogP contribution in [-0.2, 0) is 19.0 Å². The first-order chi connectivity index (χ1) is 13.7. The maximum absolute atomic E-state index is 12.0. The molecule has 0 saturated carbocycles. The number of rotatable bonds is 3. The van der Waals surface area contributed by atoms with Crippen LogP contribution in [-0.4, -0.2) is 75.9 Å². The van der Waals surface area contributed by atoms with Gasteiger partial charge in [-0.3, -0.25) is 0 Å². The van der Waals surface area contributed by atoms with E-state index in [1.54, 1.807) is 6.92 Å². The molecule has 0 aromatic rings. The summed E-state index contributed by atoms with van der Waals surface area (Å²) in [5.41, 5.74) is 3.52. The third-order valence-corrected chi connectivity index (χ3v) is 5.91. The van der Waals surface area contributed by atoms with Gasteiger partial charge in [0.05, 0.1) is 12.7 Å². The van der Waals surface area contributed by atoms with Gasteiger partial charge in [0.25, 0.3) is 0 Å². The molecule has 0 amide bonds. The van der Waals surface area contributed by atoms with E-state index in [4.69, 9.17) is 14.2 Å². The number of ether oxygens (including phenoxy) is 3. The molecule has 8 heteroatoms. The van der Waals surface area contributed by atoms with E-state index >= 15 is 0 Å². The first kappa shape index (κ1) is 22.1. The van der Waals surface area contributed by atoms with Crippen LogP contribution in [0.4, 0.5) is 0 Å². The van der Waals surface area contributed by atoms with E-state index in [2.05, 4.69) is 0 Å². The summed E-state index contributed by atoms with van der Waals surface area (Å²) < 4.78 is 16.9. The molecule has 1 saturated heterocycles. The predicted octanol–water partition coefficient (Wildman–Crippen LogP) is 0.490. The number of hydrogen-bond donors (Lipinski definition) is 4. The number of allylic oxidation sites excluding steroid dienone is 1. The van der Waals surface area contributed by atoms with Crippen LogP contribution in [0.15, 0.2) is 34.4 Å². The lowest BCUT2D eigenvalue weighted by Crippen LogP contribution is -2.59. The van der Waals surface area contributed by atoms with Crippen LogP contribution >= 0.6 is 0 Å². The molecule has 8 nitrogen and oxygen atoms in total. The minimum atomic E-state index is -1.48. The van der Waals surface area contributed by atoms with E-state index < -0.39 is 43.4 Å². The van der Waals surface area contributed by atoms with E-state index in [0.29, 0.717) is 24.8 Å². The molecule has 4 N–H and O–H groups in total. The molecule has 0 aromatic heterocycles. The van der Waals surface area contributed by atoms with Gasteiger partial charge >= 0.3 is 5.97 Å². The quantitative estimate of drug-likeness (QED) is 0.391. The topological polar surface area (TPSA) is 126 Å². The highest BCUT2D eigenvalue weighted by atomic mass is 16.7. The van der Waals surface area contributed by atoms with E-state index in [9.17, 15) is 25.2 Å². The van der Waals surface area contributed by atoms with Crippen molar-refractivity contribution in [3.8, 4) is 0 Å². The van der Waals surface area contributed by atoms with Crippen molar-refractivity contribution in [2.24, 2.45) is 0 Å². The van der Waals surface area contributed by atoms with Crippen molar-refractivity contribution < 1.29 is 39.4 Å². The third kappa shape index (κ3) is 4.63. The largest absolute Gasteiger partial charge is 0.454 e. The van der Waals surface area contributed by atoms with Crippen LogP contribution in [0.25, 0.3) is 0 Å². The molecule has 3 aliphatic rings. The molecule has 2 heterocycles. The Balaban J connectivity index is 1.81. The Kier molecular flexibility index (Phi) is 6.93. The zero-order valence-corrected chi connectivity index (χ0v) is 16.9. The van der Waals surface area contributed by atoms with Gasteiger partial charge in [-0.1, -0.05) is 17.7 Å². The number of aliphatic hydroxyl groups excluding tert-OH is 4. The second-order valence-corrected chi connectivity index (χ2v) is 8.01. The van der Waals surface area contributed by atoms with Crippen LogP contribution in [0.5, 0.6) is 0 Å². The number of carbonyl (C=O) groups is 1. The highest BCUT2D eigenvalue weighted by Gasteiger charge is 2.45. The fourth-order valence-corrected chi connectivity index (χ4v) is 3.89. The van der Waals surface area contributed by atoms with Gasteiger partial charge in [-0.05, 0) is 44.8 Å². The summed E-state index contributed by atoms with van der Waals surface area (Å²) in [6, 6.07) is 0. The summed E-state index contributed by atoms with van der Waals surface area (Å²) >= 11 is 0. The van der Waals surface area contributed by atoms with Crippen LogP contribution in [0.2, 0.25) is 0 Å². The average Bonchev–Trinajstić information content (AvgIpc) is 2.95. The molecule has 0 radical (unpaired) electrons. The minimum absolute atomic E-state index is 0.245. The van der Waals surface area contributed by atoms with Crippen molar-refractivity contribution in [1.82, 2.24) is 0 Å². The molecule has 7 atom stereocenters. The van der Waals surface area contributed by atoms with E-state index in [1.807, 2.05) is 26.0 Å². The zero-order chi connectivity index (χ0) is 21.3. The number of aliphatic hydroxyl groups is 4. The van der Waals surface area contributed by atoms with Gasteiger partial charge in [0, 0.05) is 12.0 Å². The fourth-order valence-electron chi connectivity index (χ4n) is 3.89. The van der Waals surface area contributed by atoms with E-state index in [1.165, 1.54) is 0 Å². The van der Waals surface area contributed by atoms with Gasteiger partial charge in [-0.2, -0.15) is 0 Å². The number of esters is 1. The van der Waals surface area contributed by atoms with Crippen LogP contribution in [0.3, 0.4) is 0 Å². The Bertz CT molecular complexity index is 722. The average molecular weight is 410 g/mol. The van der Waals surface area contributed by atoms with Crippen LogP contribution in [0.1, 0.15) is 40.0 Å². The van der Waals surface area contributed by atoms with Crippen molar-refractivity contribution in [3.05, 3.63) is 34.4 Å². The Morgan fingerprint density at radius 2 is 1.83 bits per heavy atom. The third-order valence-electron chi connectivity index (χ3n) is 5.91. The van der Waals surface area contributed by atoms with E-state index in [-0.39, 0.29) is 12.1 Å². The number of fused-ring (bicyclic) bond motifs is 1. The minimum Gasteiger partial charge on any atom is -0.454 e. The fraction of sp³-hybridized carbons (Fsp3) is 0.667. The Morgan fingerprint density at radius 3 is 2.52 bits per heavy atom. The first-order valence-corrected chi connectivity index (χ1v) is 9.91. The zero-order valence-electron chi connectivity index (χ0n) is 16.9. The van der Waals surface area contributed by atoms with Gasteiger partial charge in [0.2, 0.25) is 0 Å². The molecule has 3 rings (SSSR count). The van der Waals surface area contributed by atoms with Gasteiger partial charge in [0.15, 0.2) is 6.29 Å². The molecule has 0 aromatic carbocycles. The van der Waals surface area contributed by atoms with Crippen molar-refractivity contribution in [2.45, 2.75) is 82.9 Å². The van der Waals surface area contributed by atoms with Gasteiger partial charge in [0.1, 0.15) is 30.5 Å². The lowest BCUT2D eigenvalue weighted by Gasteiger charge is -2.41. The van der Waals surface area contributed by atoms with Crippen molar-refractivity contribution in [3.63, 3.8) is 0 Å². The molecule has 0 bridgehead atoms. The summed E-state index contributed by atoms with van der Waals surface area (Å²) in [4.78, 5) is 12.0. The summed E-state index contributed by atoms with van der Waals surface area (Å²) in [6.07, 6.45) is -1.63. The van der Waals surface area contributed by atoms with Crippen LogP contribution < -0.4 is 0 Å². The standard InChI is InChI=1S/C21H30O8/c1-10-4-7-14(28-21-19(25)18(24)17(23)16(9-22)29-21)11(2)5-6-13-12(3)20(26)27-15(13)8-10/h4-5,14-19,21-25H,6-9H2,1-3H3/b10-4-,11-5-. The predicted molar refractivity (Wildman–Crippen MR) is 103 cm³/mol. The molecule has 1 aliphatic carbocycles. The summed E-state index contributed by atoms with van der Waals surface area (Å²) in [7, 11) is 0. The maximum Gasteiger partial charge on any atom is 0.334 e. The monoisotopic (exact) mass is 410 g/mol. The molecule has 0 spiro atoms. The van der Waals surface area contributed by atoms with Crippen molar-refractivity contribution in [2.75, 3.05) is 6.61 Å². The second-order valence-electron chi connectivity index (χ2n) is 8.01. The highest BCUT2D eigenvalue weighted by molar-refractivity contribution is 5.91. The number of hydrogen-bond acceptors (Lipinski definition) is 8. The van der Waals surface area contributed by atoms with Gasteiger partial charge < -0.3 is 34.6 Å². The molecule has 162 valence electrons. The maximum atomic E-state index is 12.0. The Morgan fingerprint density at radius 1 is 1.10 bits per heavy atom. The van der Waals surface area contributed by atoms with Crippen molar-refractivity contribution in [1.29, 1.82) is 0 Å². The molecular weight excluding hydrogens is 380 g/mol. The van der Waals surface area contributed by atoms with Gasteiger partial charge in [-0.25, -0.2) is 4.79 Å². The molecule has 1 fully saturated rings. The molecular formula is C21H30O8. The SMILES string of the molecule is CC1=C2C/C=C(/C)C(OC3OC(CO)C(O)C(O)C3O)C/C=C(/C)CC2OC1=O. The Labute approximate surface area is 170 Å². The van der Waals surface area contributed by atoms with Gasteiger partial charge in [-0.15, -0.1) is 0 Å².